The summed E-state index contributed by atoms with van der Waals surface area (Å²) < 4.78 is 27.3. The van der Waals surface area contributed by atoms with Gasteiger partial charge in [-0.25, -0.2) is 8.78 Å². The van der Waals surface area contributed by atoms with Gasteiger partial charge in [-0.2, -0.15) is 0 Å². The fourth-order valence-electron chi connectivity index (χ4n) is 2.43. The first-order valence-corrected chi connectivity index (χ1v) is 6.18. The number of nitrogens with one attached hydrogen (secondary N) is 1. The highest BCUT2D eigenvalue weighted by atomic mass is 19.3. The van der Waals surface area contributed by atoms with E-state index in [0.29, 0.717) is 25.3 Å². The molecule has 1 N–H and O–H groups in total. The molecule has 1 nitrogen and oxygen atoms in total. The molecule has 0 aliphatic heterocycles. The summed E-state index contributed by atoms with van der Waals surface area (Å²) in [5.41, 5.74) is 0. The first-order chi connectivity index (χ1) is 7.10. The van der Waals surface area contributed by atoms with Crippen LogP contribution in [0.5, 0.6) is 0 Å². The molecule has 1 fully saturated rings. The third-order valence-electron chi connectivity index (χ3n) is 3.63. The van der Waals surface area contributed by atoms with Crippen molar-refractivity contribution in [3.63, 3.8) is 0 Å². The number of rotatable bonds is 5. The van der Waals surface area contributed by atoms with Crippen molar-refractivity contribution in [2.24, 2.45) is 11.8 Å². The monoisotopic (exact) mass is 219 g/mol. The Labute approximate surface area is 91.6 Å². The maximum Gasteiger partial charge on any atom is 0.263 e. The SMILES string of the molecule is CCNCC(F)(F)C1CCC(CC)CC1. The summed E-state index contributed by atoms with van der Waals surface area (Å²) in [6.45, 7) is 4.50. The van der Waals surface area contributed by atoms with Crippen LogP contribution < -0.4 is 5.32 Å². The van der Waals surface area contributed by atoms with Crippen LogP contribution >= 0.6 is 0 Å². The lowest BCUT2D eigenvalue weighted by Crippen LogP contribution is -2.40. The zero-order valence-electron chi connectivity index (χ0n) is 9.86. The van der Waals surface area contributed by atoms with Crippen molar-refractivity contribution in [1.82, 2.24) is 5.32 Å². The second kappa shape index (κ2) is 5.78. The topological polar surface area (TPSA) is 12.0 Å². The van der Waals surface area contributed by atoms with Crippen molar-refractivity contribution >= 4 is 0 Å². The van der Waals surface area contributed by atoms with Gasteiger partial charge in [-0.1, -0.05) is 20.3 Å². The van der Waals surface area contributed by atoms with E-state index in [2.05, 4.69) is 12.2 Å². The molecular weight excluding hydrogens is 196 g/mol. The minimum Gasteiger partial charge on any atom is -0.311 e. The highest BCUT2D eigenvalue weighted by molar-refractivity contribution is 4.83. The molecule has 1 saturated carbocycles. The minimum absolute atomic E-state index is 0.148. The van der Waals surface area contributed by atoms with Gasteiger partial charge in [0.05, 0.1) is 6.54 Å². The molecule has 0 unspecified atom stereocenters. The van der Waals surface area contributed by atoms with Gasteiger partial charge in [0.1, 0.15) is 0 Å². The smallest absolute Gasteiger partial charge is 0.263 e. The van der Waals surface area contributed by atoms with E-state index in [9.17, 15) is 8.78 Å². The number of halogens is 2. The Bertz CT molecular complexity index is 174. The van der Waals surface area contributed by atoms with Gasteiger partial charge >= 0.3 is 0 Å². The second-order valence-electron chi connectivity index (χ2n) is 4.67. The standard InChI is InChI=1S/C12H23F2N/c1-3-10-5-7-11(8-6-10)12(13,14)9-15-4-2/h10-11,15H,3-9H2,1-2H3. The van der Waals surface area contributed by atoms with Crippen molar-refractivity contribution in [1.29, 1.82) is 0 Å². The van der Waals surface area contributed by atoms with E-state index in [1.807, 2.05) is 6.92 Å². The lowest BCUT2D eigenvalue weighted by Gasteiger charge is -2.33. The third kappa shape index (κ3) is 3.71. The highest BCUT2D eigenvalue weighted by Crippen LogP contribution is 2.39. The summed E-state index contributed by atoms with van der Waals surface area (Å²) in [4.78, 5) is 0. The molecule has 1 aliphatic carbocycles. The van der Waals surface area contributed by atoms with Crippen LogP contribution in [0.4, 0.5) is 8.78 Å². The summed E-state index contributed by atoms with van der Waals surface area (Å²) in [5, 5.41) is 2.76. The Morgan fingerprint density at radius 3 is 2.20 bits per heavy atom. The highest BCUT2D eigenvalue weighted by Gasteiger charge is 2.40. The van der Waals surface area contributed by atoms with E-state index < -0.39 is 5.92 Å². The van der Waals surface area contributed by atoms with E-state index >= 15 is 0 Å². The molecule has 1 rings (SSSR count). The molecule has 3 heteroatoms. The zero-order valence-corrected chi connectivity index (χ0v) is 9.86. The Hall–Kier alpha value is -0.180. The number of alkyl halides is 2. The van der Waals surface area contributed by atoms with Gasteiger partial charge in [0.15, 0.2) is 0 Å². The molecule has 0 heterocycles. The molecule has 0 spiro atoms. The third-order valence-corrected chi connectivity index (χ3v) is 3.63. The number of hydrogen-bond acceptors (Lipinski definition) is 1. The predicted molar refractivity (Wildman–Crippen MR) is 59.2 cm³/mol. The van der Waals surface area contributed by atoms with Gasteiger partial charge in [-0.3, -0.25) is 0 Å². The Morgan fingerprint density at radius 1 is 1.13 bits per heavy atom. The normalized spacial score (nSPS) is 28.0. The van der Waals surface area contributed by atoms with Gasteiger partial charge in [-0.15, -0.1) is 0 Å². The fraction of sp³-hybridized carbons (Fsp3) is 1.00. The lowest BCUT2D eigenvalue weighted by molar-refractivity contribution is -0.0724. The maximum atomic E-state index is 13.7. The largest absolute Gasteiger partial charge is 0.311 e. The Balaban J connectivity index is 2.37. The summed E-state index contributed by atoms with van der Waals surface area (Å²) in [6, 6.07) is 0. The summed E-state index contributed by atoms with van der Waals surface area (Å²) >= 11 is 0. The minimum atomic E-state index is -2.51. The molecule has 0 aromatic rings. The van der Waals surface area contributed by atoms with Crippen LogP contribution in [0.3, 0.4) is 0 Å². The average Bonchev–Trinajstić information content (AvgIpc) is 2.26. The summed E-state index contributed by atoms with van der Waals surface area (Å²) in [6.07, 6.45) is 4.53. The van der Waals surface area contributed by atoms with Gasteiger partial charge < -0.3 is 5.32 Å². The van der Waals surface area contributed by atoms with E-state index in [1.165, 1.54) is 0 Å². The second-order valence-corrected chi connectivity index (χ2v) is 4.67. The molecule has 0 radical (unpaired) electrons. The van der Waals surface area contributed by atoms with Crippen LogP contribution in [0.25, 0.3) is 0 Å². The molecule has 90 valence electrons. The van der Waals surface area contributed by atoms with Crippen molar-refractivity contribution < 1.29 is 8.78 Å². The molecule has 15 heavy (non-hydrogen) atoms. The van der Waals surface area contributed by atoms with E-state index in [1.54, 1.807) is 0 Å². The van der Waals surface area contributed by atoms with Crippen molar-refractivity contribution in [2.75, 3.05) is 13.1 Å². The molecule has 0 atom stereocenters. The zero-order chi connectivity index (χ0) is 11.3. The predicted octanol–water partition coefficient (Wildman–Crippen LogP) is 3.45. The van der Waals surface area contributed by atoms with Crippen molar-refractivity contribution in [2.45, 2.75) is 51.9 Å². The van der Waals surface area contributed by atoms with Crippen LogP contribution in [0.15, 0.2) is 0 Å². The van der Waals surface area contributed by atoms with Gasteiger partial charge in [0.25, 0.3) is 5.92 Å². The first-order valence-electron chi connectivity index (χ1n) is 6.18. The van der Waals surface area contributed by atoms with Crippen LogP contribution in [-0.4, -0.2) is 19.0 Å². The van der Waals surface area contributed by atoms with E-state index in [0.717, 1.165) is 19.3 Å². The molecular formula is C12H23F2N. The molecule has 0 aromatic heterocycles. The molecule has 0 amide bonds. The Kier molecular flexibility index (Phi) is 4.97. The molecule has 0 bridgehead atoms. The van der Waals surface area contributed by atoms with Crippen LogP contribution in [0, 0.1) is 11.8 Å². The maximum absolute atomic E-state index is 13.7. The van der Waals surface area contributed by atoms with Gasteiger partial charge in [0, 0.05) is 5.92 Å². The van der Waals surface area contributed by atoms with Gasteiger partial charge in [0.2, 0.25) is 0 Å². The van der Waals surface area contributed by atoms with E-state index in [4.69, 9.17) is 0 Å². The first kappa shape index (κ1) is 12.9. The van der Waals surface area contributed by atoms with Crippen LogP contribution in [-0.2, 0) is 0 Å². The Morgan fingerprint density at radius 2 is 1.73 bits per heavy atom. The fourth-order valence-corrected chi connectivity index (χ4v) is 2.43. The number of hydrogen-bond donors (Lipinski definition) is 1. The quantitative estimate of drug-likeness (QED) is 0.746. The van der Waals surface area contributed by atoms with Crippen molar-refractivity contribution in [3.05, 3.63) is 0 Å². The van der Waals surface area contributed by atoms with Crippen molar-refractivity contribution in [3.8, 4) is 0 Å². The molecule has 1 aliphatic rings. The summed E-state index contributed by atoms with van der Waals surface area (Å²) in [7, 11) is 0. The van der Waals surface area contributed by atoms with E-state index in [-0.39, 0.29) is 12.5 Å². The summed E-state index contributed by atoms with van der Waals surface area (Å²) in [5.74, 6) is -2.20. The molecule has 0 saturated heterocycles. The molecule has 0 aromatic carbocycles. The lowest BCUT2D eigenvalue weighted by atomic mass is 9.78. The van der Waals surface area contributed by atoms with Gasteiger partial charge in [-0.05, 0) is 38.1 Å². The average molecular weight is 219 g/mol. The van der Waals surface area contributed by atoms with Crippen LogP contribution in [0.2, 0.25) is 0 Å². The van der Waals surface area contributed by atoms with Crippen LogP contribution in [0.1, 0.15) is 46.0 Å².